The van der Waals surface area contributed by atoms with Gasteiger partial charge in [0.25, 0.3) is 0 Å². The van der Waals surface area contributed by atoms with Gasteiger partial charge in [-0.25, -0.2) is 0 Å². The number of hydrogen-bond donors (Lipinski definition) is 1. The van der Waals surface area contributed by atoms with Gasteiger partial charge >= 0.3 is 0 Å². The van der Waals surface area contributed by atoms with Gasteiger partial charge in [-0.3, -0.25) is 9.80 Å². The van der Waals surface area contributed by atoms with E-state index in [4.69, 9.17) is 0 Å². The highest BCUT2D eigenvalue weighted by Gasteiger charge is 2.39. The molecule has 2 heterocycles. The van der Waals surface area contributed by atoms with Gasteiger partial charge in [0, 0.05) is 50.3 Å². The maximum Gasteiger partial charge on any atom is 0.0599 e. The van der Waals surface area contributed by atoms with E-state index in [-0.39, 0.29) is 6.61 Å². The lowest BCUT2D eigenvalue weighted by Crippen LogP contribution is -2.59. The summed E-state index contributed by atoms with van der Waals surface area (Å²) in [5.74, 6) is 0. The summed E-state index contributed by atoms with van der Waals surface area (Å²) in [7, 11) is 2.15. The Kier molecular flexibility index (Phi) is 4.64. The first-order valence-electron chi connectivity index (χ1n) is 7.35. The minimum atomic E-state index is 0.287. The SMILES string of the molecule is CC(C)N1CCC(N2CCN(C)CC2CO)C1C. The van der Waals surface area contributed by atoms with Crippen molar-refractivity contribution < 1.29 is 5.11 Å². The standard InChI is InChI=1S/C14H29N3O/c1-11(2)16-6-5-14(12(16)3)17-8-7-15(4)9-13(17)10-18/h11-14,18H,5-10H2,1-4H3. The molecular formula is C14H29N3O. The predicted octanol–water partition coefficient (Wildman–Crippen LogP) is 0.466. The summed E-state index contributed by atoms with van der Waals surface area (Å²) in [5, 5.41) is 9.62. The van der Waals surface area contributed by atoms with Crippen LogP contribution in [-0.2, 0) is 0 Å². The molecule has 2 aliphatic heterocycles. The van der Waals surface area contributed by atoms with Crippen molar-refractivity contribution in [3.8, 4) is 0 Å². The molecule has 0 spiro atoms. The van der Waals surface area contributed by atoms with Gasteiger partial charge in [0.2, 0.25) is 0 Å². The third-order valence-corrected chi connectivity index (χ3v) is 4.79. The smallest absolute Gasteiger partial charge is 0.0599 e. The summed E-state index contributed by atoms with van der Waals surface area (Å²) in [5.41, 5.74) is 0. The maximum absolute atomic E-state index is 9.62. The van der Waals surface area contributed by atoms with E-state index in [0.29, 0.717) is 24.2 Å². The van der Waals surface area contributed by atoms with Gasteiger partial charge in [-0.15, -0.1) is 0 Å². The van der Waals surface area contributed by atoms with Crippen LogP contribution in [0.2, 0.25) is 0 Å². The van der Waals surface area contributed by atoms with Crippen molar-refractivity contribution in [1.82, 2.24) is 14.7 Å². The molecule has 0 amide bonds. The van der Waals surface area contributed by atoms with Gasteiger partial charge in [-0.05, 0) is 34.2 Å². The predicted molar refractivity (Wildman–Crippen MR) is 74.8 cm³/mol. The lowest BCUT2D eigenvalue weighted by atomic mass is 10.0. The summed E-state index contributed by atoms with van der Waals surface area (Å²) < 4.78 is 0. The van der Waals surface area contributed by atoms with E-state index in [1.54, 1.807) is 0 Å². The van der Waals surface area contributed by atoms with Crippen molar-refractivity contribution in [3.63, 3.8) is 0 Å². The molecule has 2 saturated heterocycles. The molecule has 3 atom stereocenters. The molecule has 18 heavy (non-hydrogen) atoms. The number of aliphatic hydroxyl groups excluding tert-OH is 1. The number of likely N-dealkylation sites (N-methyl/N-ethyl adjacent to an activating group) is 1. The molecule has 2 rings (SSSR count). The summed E-state index contributed by atoms with van der Waals surface area (Å²) in [6, 6.07) is 2.19. The van der Waals surface area contributed by atoms with E-state index in [9.17, 15) is 5.11 Å². The third kappa shape index (κ3) is 2.72. The molecule has 0 aliphatic carbocycles. The molecule has 0 aromatic rings. The van der Waals surface area contributed by atoms with Crippen LogP contribution in [0.25, 0.3) is 0 Å². The highest BCUT2D eigenvalue weighted by atomic mass is 16.3. The van der Waals surface area contributed by atoms with Crippen molar-refractivity contribution in [2.45, 2.75) is 51.4 Å². The van der Waals surface area contributed by atoms with Crippen LogP contribution in [0.3, 0.4) is 0 Å². The molecular weight excluding hydrogens is 226 g/mol. The Morgan fingerprint density at radius 2 is 1.94 bits per heavy atom. The Labute approximate surface area is 112 Å². The minimum Gasteiger partial charge on any atom is -0.395 e. The Bertz CT molecular complexity index is 272. The average Bonchev–Trinajstić information content (AvgIpc) is 2.71. The quantitative estimate of drug-likeness (QED) is 0.794. The summed E-state index contributed by atoms with van der Waals surface area (Å²) >= 11 is 0. The normalized spacial score (nSPS) is 36.7. The van der Waals surface area contributed by atoms with Crippen molar-refractivity contribution in [2.75, 3.05) is 39.8 Å². The molecule has 2 fully saturated rings. The summed E-state index contributed by atoms with van der Waals surface area (Å²) in [6.45, 7) is 11.6. The largest absolute Gasteiger partial charge is 0.395 e. The van der Waals surface area contributed by atoms with Crippen molar-refractivity contribution in [3.05, 3.63) is 0 Å². The Hall–Kier alpha value is -0.160. The van der Waals surface area contributed by atoms with Gasteiger partial charge in [0.15, 0.2) is 0 Å². The van der Waals surface area contributed by atoms with E-state index in [1.807, 2.05) is 0 Å². The maximum atomic E-state index is 9.62. The third-order valence-electron chi connectivity index (χ3n) is 4.79. The zero-order valence-corrected chi connectivity index (χ0v) is 12.3. The number of aliphatic hydroxyl groups is 1. The van der Waals surface area contributed by atoms with Crippen molar-refractivity contribution in [2.24, 2.45) is 0 Å². The zero-order chi connectivity index (χ0) is 13.3. The first kappa shape index (κ1) is 14.3. The Balaban J connectivity index is 2.02. The van der Waals surface area contributed by atoms with Crippen LogP contribution in [0.15, 0.2) is 0 Å². The van der Waals surface area contributed by atoms with E-state index in [1.165, 1.54) is 13.0 Å². The second kappa shape index (κ2) is 5.87. The van der Waals surface area contributed by atoms with Crippen molar-refractivity contribution in [1.29, 1.82) is 0 Å². The van der Waals surface area contributed by atoms with Crippen LogP contribution in [0, 0.1) is 0 Å². The van der Waals surface area contributed by atoms with Gasteiger partial charge in [-0.2, -0.15) is 0 Å². The van der Waals surface area contributed by atoms with Gasteiger partial charge in [0.05, 0.1) is 6.61 Å². The van der Waals surface area contributed by atoms with Gasteiger partial charge in [0.1, 0.15) is 0 Å². The first-order valence-corrected chi connectivity index (χ1v) is 7.35. The van der Waals surface area contributed by atoms with E-state index >= 15 is 0 Å². The fourth-order valence-corrected chi connectivity index (χ4v) is 3.74. The molecule has 0 aromatic heterocycles. The van der Waals surface area contributed by atoms with Gasteiger partial charge in [-0.1, -0.05) is 0 Å². The fraction of sp³-hybridized carbons (Fsp3) is 1.00. The minimum absolute atomic E-state index is 0.287. The number of hydrogen-bond acceptors (Lipinski definition) is 4. The van der Waals surface area contributed by atoms with Crippen LogP contribution >= 0.6 is 0 Å². The molecule has 4 nitrogen and oxygen atoms in total. The second-order valence-electron chi connectivity index (χ2n) is 6.26. The zero-order valence-electron chi connectivity index (χ0n) is 12.3. The Morgan fingerprint density at radius 1 is 1.22 bits per heavy atom. The summed E-state index contributed by atoms with van der Waals surface area (Å²) in [4.78, 5) is 7.49. The molecule has 0 aromatic carbocycles. The highest BCUT2D eigenvalue weighted by Crippen LogP contribution is 2.27. The summed E-state index contributed by atoms with van der Waals surface area (Å²) in [6.07, 6.45) is 1.25. The number of rotatable bonds is 3. The van der Waals surface area contributed by atoms with Crippen LogP contribution in [0.4, 0.5) is 0 Å². The number of likely N-dealkylation sites (tertiary alicyclic amines) is 1. The van der Waals surface area contributed by atoms with E-state index in [2.05, 4.69) is 42.5 Å². The monoisotopic (exact) mass is 255 g/mol. The number of piperazine rings is 1. The van der Waals surface area contributed by atoms with Crippen LogP contribution in [0.1, 0.15) is 27.2 Å². The molecule has 0 bridgehead atoms. The topological polar surface area (TPSA) is 30.0 Å². The van der Waals surface area contributed by atoms with E-state index in [0.717, 1.165) is 19.6 Å². The van der Waals surface area contributed by atoms with Crippen molar-refractivity contribution >= 4 is 0 Å². The molecule has 1 N–H and O–H groups in total. The molecule has 4 heteroatoms. The molecule has 106 valence electrons. The van der Waals surface area contributed by atoms with E-state index < -0.39 is 0 Å². The van der Waals surface area contributed by atoms with Gasteiger partial charge < -0.3 is 10.0 Å². The van der Waals surface area contributed by atoms with Crippen LogP contribution < -0.4 is 0 Å². The lowest BCUT2D eigenvalue weighted by molar-refractivity contribution is 0.00985. The van der Waals surface area contributed by atoms with Crippen LogP contribution in [-0.4, -0.2) is 83.8 Å². The fourth-order valence-electron chi connectivity index (χ4n) is 3.74. The highest BCUT2D eigenvalue weighted by molar-refractivity contribution is 4.96. The average molecular weight is 255 g/mol. The second-order valence-corrected chi connectivity index (χ2v) is 6.26. The molecule has 0 radical (unpaired) electrons. The Morgan fingerprint density at radius 3 is 2.50 bits per heavy atom. The molecule has 0 saturated carbocycles. The lowest BCUT2D eigenvalue weighted by Gasteiger charge is -2.44. The molecule has 2 aliphatic rings. The van der Waals surface area contributed by atoms with Crippen LogP contribution in [0.5, 0.6) is 0 Å². The first-order chi connectivity index (χ1) is 8.54. The molecule has 3 unspecified atom stereocenters. The number of nitrogens with zero attached hydrogens (tertiary/aromatic N) is 3.